The molecular formula is C28H31F3N6OS2. The second-order valence-corrected chi connectivity index (χ2v) is 12.6. The number of carbonyl (C=O) groups is 1. The quantitative estimate of drug-likeness (QED) is 0.364. The number of nitrogens with zero attached hydrogens (tertiary/aromatic N) is 4. The molecule has 1 aliphatic carbocycles. The Balaban J connectivity index is 1.32. The monoisotopic (exact) mass is 588 g/mol. The van der Waals surface area contributed by atoms with Gasteiger partial charge in [0, 0.05) is 66.5 Å². The minimum Gasteiger partial charge on any atom is -0.369 e. The summed E-state index contributed by atoms with van der Waals surface area (Å²) in [6.07, 6.45) is -1.09. The van der Waals surface area contributed by atoms with Crippen LogP contribution >= 0.6 is 23.1 Å². The van der Waals surface area contributed by atoms with Crippen LogP contribution < -0.4 is 15.5 Å². The minimum absolute atomic E-state index is 0.0865. The molecule has 2 fully saturated rings. The van der Waals surface area contributed by atoms with Crippen molar-refractivity contribution in [3.63, 3.8) is 0 Å². The van der Waals surface area contributed by atoms with E-state index in [0.29, 0.717) is 22.3 Å². The van der Waals surface area contributed by atoms with Crippen LogP contribution in [0.5, 0.6) is 0 Å². The van der Waals surface area contributed by atoms with Crippen molar-refractivity contribution in [3.05, 3.63) is 46.5 Å². The molecule has 1 aromatic carbocycles. The van der Waals surface area contributed by atoms with Crippen molar-refractivity contribution in [1.82, 2.24) is 20.2 Å². The lowest BCUT2D eigenvalue weighted by Crippen LogP contribution is -2.49. The molecule has 1 atom stereocenters. The fraction of sp³-hybridized carbons (Fsp3) is 0.464. The molecule has 3 aromatic rings. The molecule has 12 heteroatoms. The third-order valence-corrected chi connectivity index (χ3v) is 9.79. The van der Waals surface area contributed by atoms with Crippen LogP contribution in [-0.2, 0) is 12.6 Å². The zero-order chi connectivity index (χ0) is 28.0. The lowest BCUT2D eigenvalue weighted by Gasteiger charge is -2.34. The molecule has 3 aliphatic rings. The van der Waals surface area contributed by atoms with E-state index < -0.39 is 11.7 Å². The Hall–Kier alpha value is -2.83. The Morgan fingerprint density at radius 3 is 2.75 bits per heavy atom. The normalized spacial score (nSPS) is 19.9. The van der Waals surface area contributed by atoms with Crippen LogP contribution in [0.15, 0.2) is 35.4 Å². The summed E-state index contributed by atoms with van der Waals surface area (Å²) in [4.78, 5) is 27.4. The number of benzene rings is 1. The third kappa shape index (κ3) is 5.53. The van der Waals surface area contributed by atoms with Crippen LogP contribution in [0.2, 0.25) is 0 Å². The van der Waals surface area contributed by atoms with E-state index >= 15 is 0 Å². The number of anilines is 3. The number of piperazine rings is 1. The van der Waals surface area contributed by atoms with E-state index in [4.69, 9.17) is 0 Å². The summed E-state index contributed by atoms with van der Waals surface area (Å²) in [7, 11) is 0. The molecule has 2 aromatic heterocycles. The molecule has 212 valence electrons. The average Bonchev–Trinajstić information content (AvgIpc) is 3.70. The van der Waals surface area contributed by atoms with Crippen molar-refractivity contribution in [2.24, 2.45) is 0 Å². The van der Waals surface area contributed by atoms with Crippen molar-refractivity contribution in [1.29, 1.82) is 0 Å². The fourth-order valence-corrected chi connectivity index (χ4v) is 7.60. The molecule has 1 unspecified atom stereocenters. The second-order valence-electron chi connectivity index (χ2n) is 10.5. The number of rotatable bonds is 6. The molecule has 6 rings (SSSR count). The first-order chi connectivity index (χ1) is 19.2. The molecule has 40 heavy (non-hydrogen) atoms. The number of thiophene rings is 1. The first kappa shape index (κ1) is 27.3. The molecule has 1 saturated carbocycles. The summed E-state index contributed by atoms with van der Waals surface area (Å²) in [5.74, 6) is 0.714. The number of thioether (sulfide) groups is 1. The SMILES string of the molecule is CCc1cc(N2CCNC(C)C2)ccc1Nc1ncc(C(F)(F)F)c(-c2cc3c(s2)C(=O)N(C2CC2)CCS3)n1. The number of halogens is 3. The molecule has 0 bridgehead atoms. The zero-order valence-corrected chi connectivity index (χ0v) is 24.0. The Bertz CT molecular complexity index is 1420. The summed E-state index contributed by atoms with van der Waals surface area (Å²) in [5.41, 5.74) is 1.78. The first-order valence-corrected chi connectivity index (χ1v) is 15.4. The highest BCUT2D eigenvalue weighted by Gasteiger charge is 2.39. The van der Waals surface area contributed by atoms with E-state index in [-0.39, 0.29) is 23.6 Å². The van der Waals surface area contributed by atoms with Crippen molar-refractivity contribution < 1.29 is 18.0 Å². The highest BCUT2D eigenvalue weighted by molar-refractivity contribution is 7.99. The first-order valence-electron chi connectivity index (χ1n) is 13.6. The molecule has 7 nitrogen and oxygen atoms in total. The van der Waals surface area contributed by atoms with E-state index in [1.165, 1.54) is 11.8 Å². The summed E-state index contributed by atoms with van der Waals surface area (Å²) in [6, 6.07) is 8.41. The van der Waals surface area contributed by atoms with E-state index in [2.05, 4.69) is 38.5 Å². The summed E-state index contributed by atoms with van der Waals surface area (Å²) in [6.45, 7) is 7.60. The largest absolute Gasteiger partial charge is 0.420 e. The lowest BCUT2D eigenvalue weighted by atomic mass is 10.1. The Labute approximate surface area is 239 Å². The van der Waals surface area contributed by atoms with Gasteiger partial charge in [-0.25, -0.2) is 9.97 Å². The number of hydrogen-bond acceptors (Lipinski definition) is 8. The van der Waals surface area contributed by atoms with Crippen molar-refractivity contribution >= 4 is 46.3 Å². The molecule has 1 saturated heterocycles. The minimum atomic E-state index is -4.64. The van der Waals surface area contributed by atoms with E-state index in [1.54, 1.807) is 6.07 Å². The van der Waals surface area contributed by atoms with Crippen molar-refractivity contribution in [3.8, 4) is 10.6 Å². The van der Waals surface area contributed by atoms with Gasteiger partial charge in [0.1, 0.15) is 10.4 Å². The van der Waals surface area contributed by atoms with Crippen LogP contribution in [0.25, 0.3) is 10.6 Å². The predicted octanol–water partition coefficient (Wildman–Crippen LogP) is 6.04. The third-order valence-electron chi connectivity index (χ3n) is 7.51. The van der Waals surface area contributed by atoms with Crippen molar-refractivity contribution in [2.75, 3.05) is 42.1 Å². The lowest BCUT2D eigenvalue weighted by molar-refractivity contribution is -0.137. The second kappa shape index (κ2) is 10.9. The molecular weight excluding hydrogens is 557 g/mol. The highest BCUT2D eigenvalue weighted by Crippen LogP contribution is 2.44. The Morgan fingerprint density at radius 1 is 1.20 bits per heavy atom. The van der Waals surface area contributed by atoms with Crippen molar-refractivity contribution in [2.45, 2.75) is 56.3 Å². The van der Waals surface area contributed by atoms with E-state index in [0.717, 1.165) is 84.0 Å². The fourth-order valence-electron chi connectivity index (χ4n) is 5.28. The molecule has 1 amide bonds. The van der Waals surface area contributed by atoms with E-state index in [1.807, 2.05) is 24.0 Å². The van der Waals surface area contributed by atoms with Crippen LogP contribution in [0.3, 0.4) is 0 Å². The maximum atomic E-state index is 14.1. The summed E-state index contributed by atoms with van der Waals surface area (Å²) >= 11 is 2.60. The van der Waals surface area contributed by atoms with Gasteiger partial charge in [-0.3, -0.25) is 4.79 Å². The van der Waals surface area contributed by atoms with Gasteiger partial charge in [0.15, 0.2) is 0 Å². The summed E-state index contributed by atoms with van der Waals surface area (Å²) < 4.78 is 42.2. The Morgan fingerprint density at radius 2 is 2.02 bits per heavy atom. The van der Waals surface area contributed by atoms with Crippen LogP contribution in [-0.4, -0.2) is 64.8 Å². The number of nitrogens with one attached hydrogen (secondary N) is 2. The summed E-state index contributed by atoms with van der Waals surface area (Å²) in [5, 5.41) is 6.61. The highest BCUT2D eigenvalue weighted by atomic mass is 32.2. The van der Waals surface area contributed by atoms with Gasteiger partial charge in [-0.2, -0.15) is 13.2 Å². The number of alkyl halides is 3. The molecule has 2 N–H and O–H groups in total. The maximum Gasteiger partial charge on any atom is 0.420 e. The molecule has 4 heterocycles. The molecule has 0 radical (unpaired) electrons. The number of hydrogen-bond donors (Lipinski definition) is 2. The predicted molar refractivity (Wildman–Crippen MR) is 154 cm³/mol. The van der Waals surface area contributed by atoms with Gasteiger partial charge in [-0.1, -0.05) is 6.92 Å². The van der Waals surface area contributed by atoms with Gasteiger partial charge in [0.2, 0.25) is 5.95 Å². The molecule has 2 aliphatic heterocycles. The van der Waals surface area contributed by atoms with Gasteiger partial charge in [-0.15, -0.1) is 23.1 Å². The number of fused-ring (bicyclic) bond motifs is 1. The number of amides is 1. The van der Waals surface area contributed by atoms with Crippen LogP contribution in [0.4, 0.5) is 30.5 Å². The topological polar surface area (TPSA) is 73.4 Å². The number of carbonyl (C=O) groups excluding carboxylic acids is 1. The Kier molecular flexibility index (Phi) is 7.43. The van der Waals surface area contributed by atoms with Crippen LogP contribution in [0, 0.1) is 0 Å². The zero-order valence-electron chi connectivity index (χ0n) is 22.3. The van der Waals surface area contributed by atoms with E-state index in [9.17, 15) is 18.0 Å². The molecule has 0 spiro atoms. The van der Waals surface area contributed by atoms with Gasteiger partial charge in [0.05, 0.1) is 10.6 Å². The number of aryl methyl sites for hydroxylation is 1. The van der Waals surface area contributed by atoms with Gasteiger partial charge in [-0.05, 0) is 56.0 Å². The van der Waals surface area contributed by atoms with Gasteiger partial charge >= 0.3 is 6.18 Å². The van der Waals surface area contributed by atoms with Gasteiger partial charge in [0.25, 0.3) is 5.91 Å². The van der Waals surface area contributed by atoms with Crippen LogP contribution in [0.1, 0.15) is 47.5 Å². The smallest absolute Gasteiger partial charge is 0.369 e. The number of aromatic nitrogens is 2. The van der Waals surface area contributed by atoms with Gasteiger partial charge < -0.3 is 20.4 Å². The maximum absolute atomic E-state index is 14.1. The standard InChI is InChI=1S/C28H31F3N6OS2/c1-3-17-12-19(36-9-8-32-16(2)15-36)6-7-21(17)34-27-33-14-20(28(29,30)31)24(35-27)22-13-23-25(40-22)26(38)37(10-11-39-23)18-4-5-18/h6-7,12-14,16,18,32H,3-5,8-11,15H2,1-2H3,(H,33,34,35). The average molecular weight is 589 g/mol.